The van der Waals surface area contributed by atoms with Crippen molar-refractivity contribution in [3.05, 3.63) is 0 Å². The van der Waals surface area contributed by atoms with E-state index >= 15 is 0 Å². The predicted octanol–water partition coefficient (Wildman–Crippen LogP) is -2.54. The highest BCUT2D eigenvalue weighted by molar-refractivity contribution is 6.58. The maximum Gasteiger partial charge on any atom is 0.559 e. The van der Waals surface area contributed by atoms with Crippen LogP contribution in [0.3, 0.4) is 0 Å². The van der Waals surface area contributed by atoms with Gasteiger partial charge in [0, 0.05) is 13.1 Å². The highest BCUT2D eigenvalue weighted by Gasteiger charge is 2.31. The first kappa shape index (κ1) is 14.8. The summed E-state index contributed by atoms with van der Waals surface area (Å²) in [4.78, 5) is 32.7. The fourth-order valence-electron chi connectivity index (χ4n) is 0.903. The van der Waals surface area contributed by atoms with Crippen LogP contribution in [-0.2, 0) is 9.22 Å². The van der Waals surface area contributed by atoms with Gasteiger partial charge in [-0.05, 0) is 12.8 Å². The summed E-state index contributed by atoms with van der Waals surface area (Å²) in [6, 6.07) is -0.902. The Morgan fingerprint density at radius 2 is 2.06 bits per heavy atom. The Labute approximate surface area is 94.5 Å². The molecule has 0 radical (unpaired) electrons. The number of hydrogen-bond donors (Lipinski definition) is 5. The molecule has 0 saturated carbocycles. The molecule has 9 heteroatoms. The third-order valence-electron chi connectivity index (χ3n) is 1.56. The number of rotatable bonds is 6. The lowest BCUT2D eigenvalue weighted by atomic mass is 10.2. The molecular weight excluding hydrogens is 232 g/mol. The molecule has 0 aliphatic heterocycles. The van der Waals surface area contributed by atoms with Crippen LogP contribution in [-0.4, -0.2) is 42.9 Å². The van der Waals surface area contributed by atoms with Crippen LogP contribution in [0.5, 0.6) is 0 Å². The van der Waals surface area contributed by atoms with Crippen molar-refractivity contribution in [3.8, 4) is 0 Å². The molecule has 0 heterocycles. The molecular formula is C7H18N4O4Si. The topological polar surface area (TPSA) is 157 Å². The summed E-state index contributed by atoms with van der Waals surface area (Å²) in [5.74, 6) is -0.856. The quantitative estimate of drug-likeness (QED) is 0.150. The number of aliphatic imine (C=N–C) groups is 1. The third kappa shape index (κ3) is 8.17. The van der Waals surface area contributed by atoms with E-state index in [2.05, 4.69) is 9.42 Å². The van der Waals surface area contributed by atoms with E-state index in [9.17, 15) is 4.79 Å². The number of guanidine groups is 1. The number of nitrogens with zero attached hydrogens (tertiary/aromatic N) is 1. The Morgan fingerprint density at radius 1 is 1.50 bits per heavy atom. The summed E-state index contributed by atoms with van der Waals surface area (Å²) in [6.07, 6.45) is 0.809. The first-order valence-electron chi connectivity index (χ1n) is 4.71. The van der Waals surface area contributed by atoms with E-state index < -0.39 is 20.8 Å². The van der Waals surface area contributed by atoms with Crippen molar-refractivity contribution in [3.63, 3.8) is 0 Å². The molecule has 8 N–H and O–H groups in total. The van der Waals surface area contributed by atoms with Crippen molar-refractivity contribution < 1.29 is 18.8 Å². The van der Waals surface area contributed by atoms with E-state index in [1.807, 2.05) is 0 Å². The van der Waals surface area contributed by atoms with Crippen molar-refractivity contribution in [1.82, 2.24) is 0 Å². The molecule has 94 valence electrons. The molecule has 0 bridgehead atoms. The molecule has 0 aliphatic rings. The Kier molecular flexibility index (Phi) is 5.96. The van der Waals surface area contributed by atoms with Crippen molar-refractivity contribution >= 4 is 20.7 Å². The van der Waals surface area contributed by atoms with Crippen LogP contribution in [0.1, 0.15) is 12.8 Å². The fraction of sp³-hybridized carbons (Fsp3) is 0.714. The molecule has 8 nitrogen and oxygen atoms in total. The SMILES string of the molecule is C[Si](O)(O)OC(=O)C(N)CCCN=C(N)N. The Balaban J connectivity index is 3.85. The summed E-state index contributed by atoms with van der Waals surface area (Å²) in [6.45, 7) is 1.41. The summed E-state index contributed by atoms with van der Waals surface area (Å²) < 4.78 is 4.38. The molecule has 0 aliphatic carbocycles. The first-order valence-corrected chi connectivity index (χ1v) is 7.01. The van der Waals surface area contributed by atoms with Gasteiger partial charge in [-0.1, -0.05) is 0 Å². The molecule has 1 unspecified atom stereocenters. The second kappa shape index (κ2) is 6.43. The molecule has 0 aromatic carbocycles. The number of carbonyl (C=O) groups is 1. The summed E-state index contributed by atoms with van der Waals surface area (Å²) in [5.41, 5.74) is 15.6. The monoisotopic (exact) mass is 250 g/mol. The van der Waals surface area contributed by atoms with Gasteiger partial charge in [-0.2, -0.15) is 0 Å². The molecule has 0 rings (SSSR count). The lowest BCUT2D eigenvalue weighted by molar-refractivity contribution is -0.139. The van der Waals surface area contributed by atoms with Gasteiger partial charge in [-0.3, -0.25) is 9.79 Å². The molecule has 0 aromatic heterocycles. The van der Waals surface area contributed by atoms with Gasteiger partial charge in [-0.15, -0.1) is 0 Å². The van der Waals surface area contributed by atoms with E-state index in [1.165, 1.54) is 0 Å². The maximum atomic E-state index is 11.2. The highest BCUT2D eigenvalue weighted by atomic mass is 28.4. The van der Waals surface area contributed by atoms with Crippen LogP contribution < -0.4 is 17.2 Å². The lowest BCUT2D eigenvalue weighted by Crippen LogP contribution is -2.43. The molecule has 0 saturated heterocycles. The van der Waals surface area contributed by atoms with Crippen LogP contribution in [0.4, 0.5) is 0 Å². The van der Waals surface area contributed by atoms with Crippen molar-refractivity contribution in [1.29, 1.82) is 0 Å². The Morgan fingerprint density at radius 3 is 2.50 bits per heavy atom. The summed E-state index contributed by atoms with van der Waals surface area (Å²) >= 11 is 0. The van der Waals surface area contributed by atoms with Crippen molar-refractivity contribution in [2.45, 2.75) is 25.4 Å². The Bertz CT molecular complexity index is 262. The van der Waals surface area contributed by atoms with Gasteiger partial charge in [0.25, 0.3) is 0 Å². The van der Waals surface area contributed by atoms with E-state index in [1.54, 1.807) is 0 Å². The zero-order chi connectivity index (χ0) is 12.8. The van der Waals surface area contributed by atoms with E-state index in [0.717, 1.165) is 6.55 Å². The molecule has 0 fully saturated rings. The van der Waals surface area contributed by atoms with E-state index in [-0.39, 0.29) is 5.96 Å². The van der Waals surface area contributed by atoms with Crippen molar-refractivity contribution in [2.24, 2.45) is 22.2 Å². The highest BCUT2D eigenvalue weighted by Crippen LogP contribution is 2.02. The van der Waals surface area contributed by atoms with Gasteiger partial charge < -0.3 is 31.2 Å². The standard InChI is InChI=1S/C7H18N4O4Si/c1-16(13,14)15-6(12)5(8)3-2-4-11-7(9)10/h5,13-14H,2-4,8H2,1H3,(H4,9,10,11). The van der Waals surface area contributed by atoms with Gasteiger partial charge in [0.05, 0.1) is 0 Å². The average molecular weight is 250 g/mol. The maximum absolute atomic E-state index is 11.2. The Hall–Kier alpha value is -1.16. The van der Waals surface area contributed by atoms with Crippen molar-refractivity contribution in [2.75, 3.05) is 6.54 Å². The smallest absolute Gasteiger partial charge is 0.472 e. The van der Waals surface area contributed by atoms with Gasteiger partial charge >= 0.3 is 14.8 Å². The van der Waals surface area contributed by atoms with Crippen LogP contribution in [0.15, 0.2) is 4.99 Å². The first-order chi connectivity index (χ1) is 7.22. The fourth-order valence-corrected chi connectivity index (χ4v) is 1.44. The second-order valence-electron chi connectivity index (χ2n) is 3.41. The van der Waals surface area contributed by atoms with Gasteiger partial charge in [0.1, 0.15) is 6.04 Å². The largest absolute Gasteiger partial charge is 0.559 e. The number of nitrogens with two attached hydrogens (primary N) is 3. The zero-order valence-corrected chi connectivity index (χ0v) is 10.1. The average Bonchev–Trinajstić information content (AvgIpc) is 2.08. The lowest BCUT2D eigenvalue weighted by Gasteiger charge is -2.16. The molecule has 16 heavy (non-hydrogen) atoms. The predicted molar refractivity (Wildman–Crippen MR) is 60.0 cm³/mol. The molecule has 0 aromatic rings. The minimum absolute atomic E-state index is 0.0261. The van der Waals surface area contributed by atoms with Gasteiger partial charge in [-0.25, -0.2) is 0 Å². The van der Waals surface area contributed by atoms with E-state index in [4.69, 9.17) is 26.8 Å². The zero-order valence-electron chi connectivity index (χ0n) is 9.09. The third-order valence-corrected chi connectivity index (χ3v) is 2.15. The minimum atomic E-state index is -3.85. The number of carbonyl (C=O) groups excluding carboxylic acids is 1. The molecule has 0 spiro atoms. The normalized spacial score (nSPS) is 13.0. The van der Waals surface area contributed by atoms with Crippen LogP contribution >= 0.6 is 0 Å². The summed E-state index contributed by atoms with van der Waals surface area (Å²) in [5, 5.41) is 0. The van der Waals surface area contributed by atoms with Crippen LogP contribution in [0.25, 0.3) is 0 Å². The second-order valence-corrected chi connectivity index (χ2v) is 5.48. The van der Waals surface area contributed by atoms with Gasteiger partial charge in [0.2, 0.25) is 0 Å². The molecule has 1 atom stereocenters. The summed E-state index contributed by atoms with van der Waals surface area (Å²) in [7, 11) is -3.85. The van der Waals surface area contributed by atoms with E-state index in [0.29, 0.717) is 19.4 Å². The number of hydrogen-bond acceptors (Lipinski definition) is 6. The molecule has 0 amide bonds. The van der Waals surface area contributed by atoms with Crippen LogP contribution in [0.2, 0.25) is 6.55 Å². The minimum Gasteiger partial charge on any atom is -0.472 e. The van der Waals surface area contributed by atoms with Gasteiger partial charge in [0.15, 0.2) is 5.96 Å². The van der Waals surface area contributed by atoms with Crippen LogP contribution in [0, 0.1) is 0 Å².